The van der Waals surface area contributed by atoms with Crippen LogP contribution in [0.25, 0.3) is 0 Å². The highest BCUT2D eigenvalue weighted by molar-refractivity contribution is 5.45. The molecule has 1 fully saturated rings. The summed E-state index contributed by atoms with van der Waals surface area (Å²) in [5, 5.41) is 3.45. The van der Waals surface area contributed by atoms with E-state index in [9.17, 15) is 0 Å². The first-order valence-corrected chi connectivity index (χ1v) is 6.54. The first kappa shape index (κ1) is 13.1. The van der Waals surface area contributed by atoms with Gasteiger partial charge in [0.25, 0.3) is 0 Å². The van der Waals surface area contributed by atoms with Gasteiger partial charge in [-0.15, -0.1) is 0 Å². The Labute approximate surface area is 109 Å². The van der Waals surface area contributed by atoms with Crippen molar-refractivity contribution in [3.63, 3.8) is 0 Å². The predicted octanol–water partition coefficient (Wildman–Crippen LogP) is 1.65. The number of anilines is 2. The molecule has 0 saturated heterocycles. The van der Waals surface area contributed by atoms with E-state index < -0.39 is 0 Å². The third-order valence-electron chi connectivity index (χ3n) is 4.06. The van der Waals surface area contributed by atoms with Crippen molar-refractivity contribution in [3.8, 4) is 0 Å². The van der Waals surface area contributed by atoms with E-state index in [1.54, 1.807) is 6.20 Å². The van der Waals surface area contributed by atoms with Gasteiger partial charge in [-0.2, -0.15) is 4.98 Å². The number of hydrogen-bond donors (Lipinski definition) is 2. The lowest BCUT2D eigenvalue weighted by Gasteiger charge is -2.36. The topological polar surface area (TPSA) is 67.1 Å². The van der Waals surface area contributed by atoms with Crippen LogP contribution in [0.5, 0.6) is 0 Å². The molecule has 5 heteroatoms. The fraction of sp³-hybridized carbons (Fsp3) is 0.692. The van der Waals surface area contributed by atoms with Crippen LogP contribution in [-0.4, -0.2) is 41.0 Å². The second-order valence-corrected chi connectivity index (χ2v) is 5.44. The summed E-state index contributed by atoms with van der Waals surface area (Å²) in [6, 6.07) is 0. The van der Waals surface area contributed by atoms with Crippen molar-refractivity contribution in [1.29, 1.82) is 0 Å². The van der Waals surface area contributed by atoms with Gasteiger partial charge in [-0.25, -0.2) is 4.98 Å². The first-order valence-electron chi connectivity index (χ1n) is 6.54. The summed E-state index contributed by atoms with van der Waals surface area (Å²) in [4.78, 5) is 10.6. The number of nitrogens with zero attached hydrogens (tertiary/aromatic N) is 3. The summed E-state index contributed by atoms with van der Waals surface area (Å²) in [6.07, 6.45) is 6.87. The predicted molar refractivity (Wildman–Crippen MR) is 74.6 cm³/mol. The van der Waals surface area contributed by atoms with Gasteiger partial charge in [-0.1, -0.05) is 12.8 Å². The summed E-state index contributed by atoms with van der Waals surface area (Å²) in [5.41, 5.74) is 6.93. The minimum atomic E-state index is 0.256. The second kappa shape index (κ2) is 5.10. The van der Waals surface area contributed by atoms with Crippen molar-refractivity contribution in [2.24, 2.45) is 0 Å². The van der Waals surface area contributed by atoms with Gasteiger partial charge >= 0.3 is 0 Å². The molecular weight excluding hydrogens is 226 g/mol. The molecule has 0 spiro atoms. The van der Waals surface area contributed by atoms with Crippen LogP contribution in [0.3, 0.4) is 0 Å². The van der Waals surface area contributed by atoms with Crippen LogP contribution in [0.1, 0.15) is 31.2 Å². The van der Waals surface area contributed by atoms with Gasteiger partial charge in [0.1, 0.15) is 5.82 Å². The molecule has 1 aromatic rings. The molecule has 1 saturated carbocycles. The Bertz CT molecular complexity index is 410. The highest BCUT2D eigenvalue weighted by Crippen LogP contribution is 2.34. The van der Waals surface area contributed by atoms with Crippen molar-refractivity contribution in [2.45, 2.75) is 38.1 Å². The van der Waals surface area contributed by atoms with Crippen molar-refractivity contribution >= 4 is 11.8 Å². The number of hydrogen-bond acceptors (Lipinski definition) is 5. The Morgan fingerprint density at radius 1 is 1.39 bits per heavy atom. The summed E-state index contributed by atoms with van der Waals surface area (Å²) in [5.74, 6) is 1.18. The fourth-order valence-electron chi connectivity index (χ4n) is 2.70. The molecule has 2 rings (SSSR count). The molecule has 0 bridgehead atoms. The SMILES string of the molecule is Cc1cnc(N)nc1NCC1(N(C)C)CCCC1. The van der Waals surface area contributed by atoms with Gasteiger partial charge in [0, 0.05) is 23.8 Å². The van der Waals surface area contributed by atoms with Gasteiger partial charge < -0.3 is 16.0 Å². The second-order valence-electron chi connectivity index (χ2n) is 5.44. The lowest BCUT2D eigenvalue weighted by atomic mass is 9.96. The van der Waals surface area contributed by atoms with Crippen LogP contribution < -0.4 is 11.1 Å². The number of rotatable bonds is 4. The Morgan fingerprint density at radius 3 is 2.67 bits per heavy atom. The van der Waals surface area contributed by atoms with E-state index in [4.69, 9.17) is 5.73 Å². The normalized spacial score (nSPS) is 18.2. The molecule has 1 aliphatic rings. The Balaban J connectivity index is 2.08. The molecule has 0 aliphatic heterocycles. The first-order chi connectivity index (χ1) is 8.53. The number of nitrogens with two attached hydrogens (primary N) is 1. The van der Waals surface area contributed by atoms with E-state index >= 15 is 0 Å². The Kier molecular flexibility index (Phi) is 3.71. The van der Waals surface area contributed by atoms with Crippen LogP contribution in [0.15, 0.2) is 6.20 Å². The zero-order valence-corrected chi connectivity index (χ0v) is 11.5. The van der Waals surface area contributed by atoms with E-state index in [1.165, 1.54) is 25.7 Å². The third kappa shape index (κ3) is 2.56. The lowest BCUT2D eigenvalue weighted by Crippen LogP contribution is -2.47. The summed E-state index contributed by atoms with van der Waals surface area (Å²) in [7, 11) is 4.32. The molecule has 0 amide bonds. The maximum atomic E-state index is 5.63. The number of nitrogen functional groups attached to an aromatic ring is 1. The third-order valence-corrected chi connectivity index (χ3v) is 4.06. The average Bonchev–Trinajstić information content (AvgIpc) is 2.80. The number of likely N-dealkylation sites (N-methyl/N-ethyl adjacent to an activating group) is 1. The molecule has 1 heterocycles. The Hall–Kier alpha value is -1.36. The minimum absolute atomic E-state index is 0.256. The van der Waals surface area contributed by atoms with Gasteiger partial charge in [0.2, 0.25) is 5.95 Å². The molecule has 0 aromatic carbocycles. The highest BCUT2D eigenvalue weighted by Gasteiger charge is 2.35. The zero-order chi connectivity index (χ0) is 13.2. The number of nitrogens with one attached hydrogen (secondary N) is 1. The largest absolute Gasteiger partial charge is 0.368 e. The number of aryl methyl sites for hydroxylation is 1. The molecule has 1 aliphatic carbocycles. The van der Waals surface area contributed by atoms with Gasteiger partial charge in [0.15, 0.2) is 0 Å². The van der Waals surface area contributed by atoms with Crippen molar-refractivity contribution < 1.29 is 0 Å². The molecule has 18 heavy (non-hydrogen) atoms. The molecule has 1 aromatic heterocycles. The van der Waals surface area contributed by atoms with Gasteiger partial charge in [-0.3, -0.25) is 0 Å². The fourth-order valence-corrected chi connectivity index (χ4v) is 2.70. The highest BCUT2D eigenvalue weighted by atomic mass is 15.2. The number of aromatic nitrogens is 2. The maximum Gasteiger partial charge on any atom is 0.221 e. The van der Waals surface area contributed by atoms with Crippen LogP contribution in [-0.2, 0) is 0 Å². The standard InChI is InChI=1S/C13H23N5/c1-10-8-15-12(14)17-11(10)16-9-13(18(2)3)6-4-5-7-13/h8H,4-7,9H2,1-3H3,(H3,14,15,16,17). The monoisotopic (exact) mass is 249 g/mol. The molecule has 5 nitrogen and oxygen atoms in total. The smallest absolute Gasteiger partial charge is 0.221 e. The molecule has 0 atom stereocenters. The van der Waals surface area contributed by atoms with E-state index in [1.807, 2.05) is 6.92 Å². The Morgan fingerprint density at radius 2 is 2.06 bits per heavy atom. The maximum absolute atomic E-state index is 5.63. The van der Waals surface area contributed by atoms with Crippen LogP contribution >= 0.6 is 0 Å². The minimum Gasteiger partial charge on any atom is -0.368 e. The van der Waals surface area contributed by atoms with Crippen LogP contribution in [0.2, 0.25) is 0 Å². The summed E-state index contributed by atoms with van der Waals surface area (Å²) < 4.78 is 0. The van der Waals surface area contributed by atoms with Crippen molar-refractivity contribution in [3.05, 3.63) is 11.8 Å². The van der Waals surface area contributed by atoms with E-state index in [-0.39, 0.29) is 5.54 Å². The molecule has 3 N–H and O–H groups in total. The lowest BCUT2D eigenvalue weighted by molar-refractivity contribution is 0.172. The van der Waals surface area contributed by atoms with Gasteiger partial charge in [-0.05, 0) is 33.9 Å². The zero-order valence-electron chi connectivity index (χ0n) is 11.5. The van der Waals surface area contributed by atoms with Crippen LogP contribution in [0.4, 0.5) is 11.8 Å². The van der Waals surface area contributed by atoms with Crippen molar-refractivity contribution in [1.82, 2.24) is 14.9 Å². The quantitative estimate of drug-likeness (QED) is 0.849. The summed E-state index contributed by atoms with van der Waals surface area (Å²) >= 11 is 0. The van der Waals surface area contributed by atoms with E-state index in [2.05, 4.69) is 34.3 Å². The molecule has 0 radical (unpaired) electrons. The van der Waals surface area contributed by atoms with E-state index in [0.717, 1.165) is 17.9 Å². The molecular formula is C13H23N5. The molecule has 100 valence electrons. The van der Waals surface area contributed by atoms with Crippen LogP contribution in [0, 0.1) is 6.92 Å². The van der Waals surface area contributed by atoms with Crippen molar-refractivity contribution in [2.75, 3.05) is 31.7 Å². The van der Waals surface area contributed by atoms with Gasteiger partial charge in [0.05, 0.1) is 0 Å². The molecule has 0 unspecified atom stereocenters. The average molecular weight is 249 g/mol. The summed E-state index contributed by atoms with van der Waals surface area (Å²) in [6.45, 7) is 2.91. The van der Waals surface area contributed by atoms with E-state index in [0.29, 0.717) is 5.95 Å².